The van der Waals surface area contributed by atoms with E-state index < -0.39 is 0 Å². The molecule has 7 atom stereocenters. The number of hydrogen-bond donors (Lipinski definition) is 2. The molecule has 0 aromatic heterocycles. The minimum atomic E-state index is -0.323. The molecule has 0 aromatic rings. The highest BCUT2D eigenvalue weighted by molar-refractivity contribution is 5.79. The molecule has 30 heavy (non-hydrogen) atoms. The Hall–Kier alpha value is -0.930. The molecular weight excluding hydrogens is 372 g/mol. The van der Waals surface area contributed by atoms with Crippen LogP contribution in [0.3, 0.4) is 0 Å². The van der Waals surface area contributed by atoms with E-state index >= 15 is 0 Å². The summed E-state index contributed by atoms with van der Waals surface area (Å²) < 4.78 is 0. The first kappa shape index (κ1) is 22.3. The second-order valence-corrected chi connectivity index (χ2v) is 11.8. The third-order valence-corrected chi connectivity index (χ3v) is 9.51. The van der Waals surface area contributed by atoms with Gasteiger partial charge >= 0.3 is 0 Å². The lowest BCUT2D eigenvalue weighted by atomic mass is 9.51. The van der Waals surface area contributed by atoms with E-state index in [0.29, 0.717) is 36.4 Å². The minimum absolute atomic E-state index is 0.0257. The van der Waals surface area contributed by atoms with Crippen LogP contribution in [-0.4, -0.2) is 28.2 Å². The molecular formula is C27H42O3. The van der Waals surface area contributed by atoms with Crippen LogP contribution in [0, 0.1) is 34.5 Å². The van der Waals surface area contributed by atoms with Gasteiger partial charge in [0.2, 0.25) is 0 Å². The molecule has 4 aliphatic carbocycles. The molecule has 0 spiro atoms. The lowest BCUT2D eigenvalue weighted by Crippen LogP contribution is -2.50. The Morgan fingerprint density at radius 3 is 2.57 bits per heavy atom. The van der Waals surface area contributed by atoms with Crippen LogP contribution in [0.2, 0.25) is 0 Å². The summed E-state index contributed by atoms with van der Waals surface area (Å²) in [6, 6.07) is 0. The molecule has 4 rings (SSSR count). The second-order valence-electron chi connectivity index (χ2n) is 11.8. The average Bonchev–Trinajstić information content (AvgIpc) is 3.01. The molecule has 0 unspecified atom stereocenters. The number of aliphatic hydroxyl groups excluding tert-OH is 2. The first-order valence-corrected chi connectivity index (χ1v) is 12.4. The Labute approximate surface area is 183 Å². The van der Waals surface area contributed by atoms with Crippen LogP contribution in [0.25, 0.3) is 0 Å². The lowest BCUT2D eigenvalue weighted by Gasteiger charge is -2.54. The molecule has 3 heteroatoms. The Kier molecular flexibility index (Phi) is 5.85. The molecule has 168 valence electrons. The summed E-state index contributed by atoms with van der Waals surface area (Å²) in [4.78, 5) is 12.5. The number of hydrogen-bond acceptors (Lipinski definition) is 3. The molecule has 2 fully saturated rings. The zero-order chi connectivity index (χ0) is 21.8. The number of allylic oxidation sites excluding steroid dienone is 4. The first-order chi connectivity index (χ1) is 14.1. The van der Waals surface area contributed by atoms with Gasteiger partial charge in [-0.3, -0.25) is 4.79 Å². The second kappa shape index (κ2) is 7.89. The van der Waals surface area contributed by atoms with Crippen molar-refractivity contribution in [1.29, 1.82) is 0 Å². The van der Waals surface area contributed by atoms with Crippen molar-refractivity contribution in [2.24, 2.45) is 34.5 Å². The van der Waals surface area contributed by atoms with Crippen molar-refractivity contribution in [1.82, 2.24) is 0 Å². The fourth-order valence-corrected chi connectivity index (χ4v) is 7.57. The molecule has 0 amide bonds. The number of Topliss-reactive ketones (excluding diaryl/α,β-unsaturated/α-hetero) is 1. The maximum absolute atomic E-state index is 12.5. The topological polar surface area (TPSA) is 57.5 Å². The highest BCUT2D eigenvalue weighted by Crippen LogP contribution is 2.63. The Balaban J connectivity index is 1.58. The van der Waals surface area contributed by atoms with Crippen molar-refractivity contribution in [3.63, 3.8) is 0 Å². The van der Waals surface area contributed by atoms with Gasteiger partial charge < -0.3 is 10.2 Å². The number of carbonyl (C=O) groups excluding carboxylic acids is 1. The van der Waals surface area contributed by atoms with Crippen LogP contribution in [0.5, 0.6) is 0 Å². The number of fused-ring (bicyclic) bond motifs is 4. The van der Waals surface area contributed by atoms with E-state index in [9.17, 15) is 15.0 Å². The van der Waals surface area contributed by atoms with E-state index in [0.717, 1.165) is 44.9 Å². The fraction of sp³-hybridized carbons (Fsp3) is 0.815. The smallest absolute Gasteiger partial charge is 0.133 e. The van der Waals surface area contributed by atoms with Gasteiger partial charge in [-0.2, -0.15) is 0 Å². The van der Waals surface area contributed by atoms with E-state index in [2.05, 4.69) is 40.7 Å². The van der Waals surface area contributed by atoms with Crippen LogP contribution in [0.1, 0.15) is 92.4 Å². The molecule has 3 nitrogen and oxygen atoms in total. The van der Waals surface area contributed by atoms with Crippen LogP contribution in [0.15, 0.2) is 22.8 Å². The summed E-state index contributed by atoms with van der Waals surface area (Å²) >= 11 is 0. The van der Waals surface area contributed by atoms with E-state index in [4.69, 9.17) is 0 Å². The van der Waals surface area contributed by atoms with Crippen molar-refractivity contribution in [2.75, 3.05) is 0 Å². The van der Waals surface area contributed by atoms with E-state index in [1.54, 1.807) is 16.7 Å². The van der Waals surface area contributed by atoms with Crippen molar-refractivity contribution in [3.05, 3.63) is 22.8 Å². The van der Waals surface area contributed by atoms with Crippen LogP contribution in [-0.2, 0) is 4.79 Å². The van der Waals surface area contributed by atoms with Gasteiger partial charge in [-0.1, -0.05) is 57.4 Å². The van der Waals surface area contributed by atoms with Gasteiger partial charge in [0.1, 0.15) is 5.78 Å². The predicted octanol–water partition coefficient (Wildman–Crippen LogP) is 5.60. The maximum Gasteiger partial charge on any atom is 0.133 e. The molecule has 2 saturated carbocycles. The van der Waals surface area contributed by atoms with Crippen LogP contribution in [0.4, 0.5) is 0 Å². The van der Waals surface area contributed by atoms with E-state index in [1.807, 2.05) is 0 Å². The van der Waals surface area contributed by atoms with Gasteiger partial charge in [-0.25, -0.2) is 0 Å². The van der Waals surface area contributed by atoms with Gasteiger partial charge in [-0.05, 0) is 73.5 Å². The van der Waals surface area contributed by atoms with Crippen molar-refractivity contribution >= 4 is 5.78 Å². The summed E-state index contributed by atoms with van der Waals surface area (Å²) in [6.45, 7) is 11.3. The SMILES string of the molecule is CC(C)CC(=O)C[C@@H](C)[C@]1(C)CCC2=C1CC=C1[C@@H]2C[C@H](O)[C@H]2C[C@H](O)CC[C@]12C. The summed E-state index contributed by atoms with van der Waals surface area (Å²) in [5.41, 5.74) is 4.85. The number of rotatable bonds is 5. The van der Waals surface area contributed by atoms with Crippen molar-refractivity contribution in [2.45, 2.75) is 105 Å². The molecule has 4 aliphatic rings. The molecule has 0 radical (unpaired) electrons. The average molecular weight is 415 g/mol. The molecule has 0 aliphatic heterocycles. The van der Waals surface area contributed by atoms with E-state index in [-0.39, 0.29) is 29.0 Å². The molecule has 2 N–H and O–H groups in total. The molecule has 0 saturated heterocycles. The molecule has 0 heterocycles. The zero-order valence-corrected chi connectivity index (χ0v) is 19.7. The third-order valence-electron chi connectivity index (χ3n) is 9.51. The highest BCUT2D eigenvalue weighted by atomic mass is 16.3. The van der Waals surface area contributed by atoms with E-state index in [1.165, 1.54) is 0 Å². The Morgan fingerprint density at radius 2 is 1.87 bits per heavy atom. The quantitative estimate of drug-likeness (QED) is 0.576. The van der Waals surface area contributed by atoms with Gasteiger partial charge in [-0.15, -0.1) is 0 Å². The Morgan fingerprint density at radius 1 is 1.13 bits per heavy atom. The lowest BCUT2D eigenvalue weighted by molar-refractivity contribution is -0.121. The van der Waals surface area contributed by atoms with Gasteiger partial charge in [0.15, 0.2) is 0 Å². The van der Waals surface area contributed by atoms with Crippen molar-refractivity contribution in [3.8, 4) is 0 Å². The van der Waals surface area contributed by atoms with Crippen molar-refractivity contribution < 1.29 is 15.0 Å². The monoisotopic (exact) mass is 414 g/mol. The fourth-order valence-electron chi connectivity index (χ4n) is 7.57. The highest BCUT2D eigenvalue weighted by Gasteiger charge is 2.54. The molecule has 0 bridgehead atoms. The zero-order valence-electron chi connectivity index (χ0n) is 19.7. The number of aliphatic hydroxyl groups is 2. The van der Waals surface area contributed by atoms with Crippen LogP contribution < -0.4 is 0 Å². The molecule has 0 aromatic carbocycles. The minimum Gasteiger partial charge on any atom is -0.393 e. The normalized spacial score (nSPS) is 41.8. The summed E-state index contributed by atoms with van der Waals surface area (Å²) in [7, 11) is 0. The summed E-state index contributed by atoms with van der Waals surface area (Å²) in [5, 5.41) is 21.3. The number of ketones is 1. The number of carbonyl (C=O) groups is 1. The maximum atomic E-state index is 12.5. The third kappa shape index (κ3) is 3.54. The Bertz CT molecular complexity index is 762. The first-order valence-electron chi connectivity index (χ1n) is 12.4. The van der Waals surface area contributed by atoms with Gasteiger partial charge in [0.25, 0.3) is 0 Å². The standard InChI is InChI=1S/C27H42O3/c1-16(2)12-19(29)13-17(3)26(4)11-9-20-21-15-25(30)24-14-18(28)8-10-27(24,5)23(21)7-6-22(20)26/h7,16-18,21,24-25,28,30H,6,8-15H2,1-5H3/t17-,18-,21-,24-,25+,26+,27-/m1/s1. The summed E-state index contributed by atoms with van der Waals surface area (Å²) in [6.07, 6.45) is 9.95. The predicted molar refractivity (Wildman–Crippen MR) is 121 cm³/mol. The van der Waals surface area contributed by atoms with Gasteiger partial charge in [0, 0.05) is 18.8 Å². The largest absolute Gasteiger partial charge is 0.393 e. The summed E-state index contributed by atoms with van der Waals surface area (Å²) in [5.74, 6) is 1.77. The van der Waals surface area contributed by atoms with Crippen LogP contribution >= 0.6 is 0 Å². The van der Waals surface area contributed by atoms with Gasteiger partial charge in [0.05, 0.1) is 12.2 Å².